The van der Waals surface area contributed by atoms with Gasteiger partial charge in [-0.05, 0) is 17.7 Å². The normalized spacial score (nSPS) is 14.3. The van der Waals surface area contributed by atoms with E-state index in [2.05, 4.69) is 5.32 Å². The molecule has 2 nitrogen and oxygen atoms in total. The number of fused-ring (bicyclic) bond motifs is 1. The van der Waals surface area contributed by atoms with Crippen LogP contribution in [-0.2, 0) is 11.2 Å². The summed E-state index contributed by atoms with van der Waals surface area (Å²) in [4.78, 5) is 10.9. The second kappa shape index (κ2) is 2.45. The van der Waals surface area contributed by atoms with Gasteiger partial charge in [-0.3, -0.25) is 4.79 Å². The summed E-state index contributed by atoms with van der Waals surface area (Å²) in [5.74, 6) is -0.548. The number of carbonyl (C=O) groups excluding carboxylic acids is 1. The molecule has 0 aromatic heterocycles. The number of hydrogen-bond acceptors (Lipinski definition) is 1. The highest BCUT2D eigenvalue weighted by Crippen LogP contribution is 2.31. The highest BCUT2D eigenvalue weighted by Gasteiger charge is 2.20. The van der Waals surface area contributed by atoms with Crippen molar-refractivity contribution in [2.24, 2.45) is 0 Å². The zero-order valence-corrected chi connectivity index (χ0v) is 6.78. The molecule has 0 atom stereocenters. The third-order valence-electron chi connectivity index (χ3n) is 1.75. The van der Waals surface area contributed by atoms with Crippen molar-refractivity contribution in [3.8, 4) is 0 Å². The van der Waals surface area contributed by atoms with Crippen LogP contribution in [0.25, 0.3) is 0 Å². The molecule has 0 unspecified atom stereocenters. The zero-order valence-electron chi connectivity index (χ0n) is 6.03. The minimum absolute atomic E-state index is 0.141. The van der Waals surface area contributed by atoms with Crippen molar-refractivity contribution < 1.29 is 9.18 Å². The van der Waals surface area contributed by atoms with Crippen molar-refractivity contribution in [1.29, 1.82) is 0 Å². The van der Waals surface area contributed by atoms with Crippen molar-refractivity contribution >= 4 is 23.2 Å². The van der Waals surface area contributed by atoms with Gasteiger partial charge in [-0.25, -0.2) is 4.39 Å². The molecule has 1 aliphatic heterocycles. The number of benzene rings is 1. The Bertz CT molecular complexity index is 364. The zero-order chi connectivity index (χ0) is 8.72. The molecule has 0 saturated heterocycles. The van der Waals surface area contributed by atoms with E-state index in [1.54, 1.807) is 0 Å². The summed E-state index contributed by atoms with van der Waals surface area (Å²) < 4.78 is 12.7. The maximum atomic E-state index is 12.7. The molecule has 62 valence electrons. The Morgan fingerprint density at radius 2 is 2.25 bits per heavy atom. The number of carbonyl (C=O) groups is 1. The fourth-order valence-electron chi connectivity index (χ4n) is 1.26. The van der Waals surface area contributed by atoms with Crippen LogP contribution in [0.15, 0.2) is 12.1 Å². The van der Waals surface area contributed by atoms with Crippen LogP contribution in [-0.4, -0.2) is 5.91 Å². The van der Waals surface area contributed by atoms with Gasteiger partial charge in [0.25, 0.3) is 0 Å². The van der Waals surface area contributed by atoms with Crippen molar-refractivity contribution in [3.63, 3.8) is 0 Å². The fraction of sp³-hybridized carbons (Fsp3) is 0.125. The molecular weight excluding hydrogens is 181 g/mol. The molecular formula is C8H5ClFNO. The number of hydrogen-bond donors (Lipinski definition) is 1. The first-order valence-corrected chi connectivity index (χ1v) is 3.82. The lowest BCUT2D eigenvalue weighted by Crippen LogP contribution is -2.03. The maximum absolute atomic E-state index is 12.7. The minimum Gasteiger partial charge on any atom is -0.324 e. The van der Waals surface area contributed by atoms with Crippen LogP contribution in [0.1, 0.15) is 5.56 Å². The molecule has 0 aliphatic carbocycles. The largest absolute Gasteiger partial charge is 0.324 e. The van der Waals surface area contributed by atoms with Crippen molar-refractivity contribution in [3.05, 3.63) is 28.5 Å². The van der Waals surface area contributed by atoms with Crippen LogP contribution in [0.2, 0.25) is 5.02 Å². The molecule has 0 saturated carbocycles. The van der Waals surface area contributed by atoms with Gasteiger partial charge in [-0.2, -0.15) is 0 Å². The van der Waals surface area contributed by atoms with Crippen LogP contribution in [0.4, 0.5) is 10.1 Å². The van der Waals surface area contributed by atoms with Gasteiger partial charge < -0.3 is 5.32 Å². The van der Waals surface area contributed by atoms with Crippen LogP contribution in [0.3, 0.4) is 0 Å². The second-order valence-corrected chi connectivity index (χ2v) is 3.05. The average molecular weight is 186 g/mol. The lowest BCUT2D eigenvalue weighted by Gasteiger charge is -2.00. The van der Waals surface area contributed by atoms with Gasteiger partial charge in [0.2, 0.25) is 5.91 Å². The van der Waals surface area contributed by atoms with Crippen LogP contribution >= 0.6 is 11.6 Å². The monoisotopic (exact) mass is 185 g/mol. The first kappa shape index (κ1) is 7.55. The van der Waals surface area contributed by atoms with Crippen molar-refractivity contribution in [2.45, 2.75) is 6.42 Å². The van der Waals surface area contributed by atoms with Crippen LogP contribution in [0, 0.1) is 5.82 Å². The number of amides is 1. The van der Waals surface area contributed by atoms with E-state index in [1.165, 1.54) is 12.1 Å². The molecule has 4 heteroatoms. The fourth-order valence-corrected chi connectivity index (χ4v) is 1.54. The minimum atomic E-state index is -0.407. The van der Waals surface area contributed by atoms with Crippen LogP contribution in [0.5, 0.6) is 0 Å². The molecule has 1 aliphatic rings. The van der Waals surface area contributed by atoms with E-state index >= 15 is 0 Å². The lowest BCUT2D eigenvalue weighted by molar-refractivity contribution is -0.115. The molecule has 0 spiro atoms. The number of rotatable bonds is 0. The molecule has 1 aromatic carbocycles. The van der Waals surface area contributed by atoms with Gasteiger partial charge in [0.15, 0.2) is 0 Å². The summed E-state index contributed by atoms with van der Waals surface area (Å²) >= 11 is 5.69. The van der Waals surface area contributed by atoms with E-state index in [9.17, 15) is 9.18 Å². The molecule has 0 fully saturated rings. The summed E-state index contributed by atoms with van der Waals surface area (Å²) in [6.45, 7) is 0. The predicted molar refractivity (Wildman–Crippen MR) is 43.7 cm³/mol. The van der Waals surface area contributed by atoms with Crippen molar-refractivity contribution in [2.75, 3.05) is 5.32 Å². The summed E-state index contributed by atoms with van der Waals surface area (Å²) in [6, 6.07) is 2.51. The van der Waals surface area contributed by atoms with E-state index in [1.807, 2.05) is 0 Å². The second-order valence-electron chi connectivity index (χ2n) is 2.65. The van der Waals surface area contributed by atoms with E-state index in [0.29, 0.717) is 11.3 Å². The Balaban J connectivity index is 2.59. The molecule has 1 amide bonds. The SMILES string of the molecule is O=C1Cc2cc(F)cc(Cl)c2N1. The Kier molecular flexibility index (Phi) is 1.54. The van der Waals surface area contributed by atoms with E-state index < -0.39 is 5.82 Å². The average Bonchev–Trinajstić information content (AvgIpc) is 2.29. The smallest absolute Gasteiger partial charge is 0.228 e. The third kappa shape index (κ3) is 1.06. The van der Waals surface area contributed by atoms with E-state index in [-0.39, 0.29) is 17.4 Å². The Morgan fingerprint density at radius 3 is 3.00 bits per heavy atom. The Hall–Kier alpha value is -1.09. The molecule has 12 heavy (non-hydrogen) atoms. The van der Waals surface area contributed by atoms with Gasteiger partial charge in [-0.15, -0.1) is 0 Å². The van der Waals surface area contributed by atoms with Crippen LogP contribution < -0.4 is 5.32 Å². The Morgan fingerprint density at radius 1 is 1.50 bits per heavy atom. The highest BCUT2D eigenvalue weighted by atomic mass is 35.5. The predicted octanol–water partition coefficient (Wildman–Crippen LogP) is 1.97. The van der Waals surface area contributed by atoms with Gasteiger partial charge in [0.1, 0.15) is 5.82 Å². The van der Waals surface area contributed by atoms with Crippen molar-refractivity contribution in [1.82, 2.24) is 0 Å². The highest BCUT2D eigenvalue weighted by molar-refractivity contribution is 6.34. The maximum Gasteiger partial charge on any atom is 0.228 e. The molecule has 1 heterocycles. The van der Waals surface area contributed by atoms with E-state index in [0.717, 1.165) is 0 Å². The summed E-state index contributed by atoms with van der Waals surface area (Å²) in [6.07, 6.45) is 0.215. The van der Waals surface area contributed by atoms with E-state index in [4.69, 9.17) is 11.6 Å². The molecule has 1 N–H and O–H groups in total. The van der Waals surface area contributed by atoms with Gasteiger partial charge >= 0.3 is 0 Å². The molecule has 0 bridgehead atoms. The first-order valence-electron chi connectivity index (χ1n) is 3.44. The molecule has 0 radical (unpaired) electrons. The first-order chi connectivity index (χ1) is 5.66. The quantitative estimate of drug-likeness (QED) is 0.658. The lowest BCUT2D eigenvalue weighted by atomic mass is 10.1. The Labute approximate surface area is 73.3 Å². The summed E-state index contributed by atoms with van der Waals surface area (Å²) in [5.41, 5.74) is 1.17. The summed E-state index contributed by atoms with van der Waals surface area (Å²) in [5, 5.41) is 2.82. The summed E-state index contributed by atoms with van der Waals surface area (Å²) in [7, 11) is 0. The standard InChI is InChI=1S/C8H5ClFNO/c9-6-3-5(10)1-4-2-7(12)11-8(4)6/h1,3H,2H2,(H,11,12). The third-order valence-corrected chi connectivity index (χ3v) is 2.05. The van der Waals surface area contributed by atoms with Gasteiger partial charge in [0.05, 0.1) is 17.1 Å². The molecule has 1 aromatic rings. The van der Waals surface area contributed by atoms with Gasteiger partial charge in [-0.1, -0.05) is 11.6 Å². The number of nitrogens with one attached hydrogen (secondary N) is 1. The number of anilines is 1. The molecule has 2 rings (SSSR count). The van der Waals surface area contributed by atoms with Gasteiger partial charge in [0, 0.05) is 0 Å². The topological polar surface area (TPSA) is 29.1 Å². The number of halogens is 2.